The molecule has 88 valence electrons. The summed E-state index contributed by atoms with van der Waals surface area (Å²) in [6.07, 6.45) is 1.62. The summed E-state index contributed by atoms with van der Waals surface area (Å²) in [5.41, 5.74) is -0.186. The van der Waals surface area contributed by atoms with Crippen molar-refractivity contribution in [1.82, 2.24) is 9.88 Å². The van der Waals surface area contributed by atoms with Crippen molar-refractivity contribution in [2.75, 3.05) is 0 Å². The zero-order valence-electron chi connectivity index (χ0n) is 9.53. The van der Waals surface area contributed by atoms with Crippen molar-refractivity contribution in [3.63, 3.8) is 0 Å². The molecule has 1 rings (SSSR count). The van der Waals surface area contributed by atoms with Gasteiger partial charge in [-0.2, -0.15) is 0 Å². The van der Waals surface area contributed by atoms with Gasteiger partial charge in [0.2, 0.25) is 5.91 Å². The van der Waals surface area contributed by atoms with Gasteiger partial charge in [-0.25, -0.2) is 0 Å². The largest absolute Gasteiger partial charge is 0.352 e. The van der Waals surface area contributed by atoms with Gasteiger partial charge in [-0.15, -0.1) is 0 Å². The van der Waals surface area contributed by atoms with Gasteiger partial charge in [0, 0.05) is 22.8 Å². The third-order valence-electron chi connectivity index (χ3n) is 2.13. The van der Waals surface area contributed by atoms with Gasteiger partial charge in [-0.3, -0.25) is 9.59 Å². The van der Waals surface area contributed by atoms with Crippen LogP contribution in [0, 0.1) is 0 Å². The molecule has 0 saturated heterocycles. The van der Waals surface area contributed by atoms with Crippen LogP contribution in [0.15, 0.2) is 27.6 Å². The number of hydrogen-bond donors (Lipinski definition) is 1. The number of nitrogens with one attached hydrogen (secondary N) is 1. The lowest BCUT2D eigenvalue weighted by molar-refractivity contribution is -0.124. The maximum atomic E-state index is 11.7. The molecular weight excluding hydrogens is 272 g/mol. The lowest BCUT2D eigenvalue weighted by Gasteiger charge is -2.16. The lowest BCUT2D eigenvalue weighted by atomic mass is 10.2. The van der Waals surface area contributed by atoms with Crippen LogP contribution in [0.1, 0.15) is 26.8 Å². The summed E-state index contributed by atoms with van der Waals surface area (Å²) in [6.45, 7) is 5.47. The fraction of sp³-hybridized carbons (Fsp3) is 0.455. The molecule has 0 bridgehead atoms. The van der Waals surface area contributed by atoms with Gasteiger partial charge >= 0.3 is 0 Å². The Labute approximate surface area is 103 Å². The number of nitrogens with zero attached hydrogens (tertiary/aromatic N) is 1. The molecular formula is C11H15BrN2O2. The van der Waals surface area contributed by atoms with E-state index >= 15 is 0 Å². The molecule has 5 heteroatoms. The van der Waals surface area contributed by atoms with E-state index in [2.05, 4.69) is 21.2 Å². The van der Waals surface area contributed by atoms with Gasteiger partial charge < -0.3 is 9.88 Å². The van der Waals surface area contributed by atoms with Crippen LogP contribution in [-0.4, -0.2) is 16.5 Å². The van der Waals surface area contributed by atoms with Crippen molar-refractivity contribution in [3.05, 3.63) is 33.2 Å². The Bertz CT molecular complexity index is 440. The van der Waals surface area contributed by atoms with Gasteiger partial charge in [0.15, 0.2) is 0 Å². The van der Waals surface area contributed by atoms with Gasteiger partial charge in [0.1, 0.15) is 6.04 Å². The molecule has 4 nitrogen and oxygen atoms in total. The third kappa shape index (κ3) is 3.20. The highest BCUT2D eigenvalue weighted by Crippen LogP contribution is 2.09. The number of rotatable bonds is 3. The average Bonchev–Trinajstić information content (AvgIpc) is 2.19. The van der Waals surface area contributed by atoms with Crippen LogP contribution in [0.25, 0.3) is 0 Å². The lowest BCUT2D eigenvalue weighted by Crippen LogP contribution is -2.38. The molecule has 1 aromatic heterocycles. The summed E-state index contributed by atoms with van der Waals surface area (Å²) in [4.78, 5) is 23.3. The second-order valence-corrected chi connectivity index (χ2v) is 4.85. The molecule has 0 aliphatic heterocycles. The van der Waals surface area contributed by atoms with Crippen LogP contribution in [0.2, 0.25) is 0 Å². The Morgan fingerprint density at radius 3 is 2.56 bits per heavy atom. The first-order chi connectivity index (χ1) is 7.41. The Balaban J connectivity index is 2.96. The molecule has 0 saturated carbocycles. The maximum Gasteiger partial charge on any atom is 0.251 e. The second kappa shape index (κ2) is 5.30. The predicted molar refractivity (Wildman–Crippen MR) is 66.4 cm³/mol. The first kappa shape index (κ1) is 13.0. The standard InChI is InChI=1S/C11H15BrN2O2/c1-7(2)13-11(16)8(3)14-6-9(12)4-5-10(14)15/h4-8H,1-3H3,(H,13,16). The maximum absolute atomic E-state index is 11.7. The van der Waals surface area contributed by atoms with Crippen molar-refractivity contribution in [2.45, 2.75) is 32.9 Å². The smallest absolute Gasteiger partial charge is 0.251 e. The first-order valence-corrected chi connectivity index (χ1v) is 5.89. The topological polar surface area (TPSA) is 51.1 Å². The first-order valence-electron chi connectivity index (χ1n) is 5.10. The summed E-state index contributed by atoms with van der Waals surface area (Å²) in [5, 5.41) is 2.77. The molecule has 1 unspecified atom stereocenters. The highest BCUT2D eigenvalue weighted by molar-refractivity contribution is 9.10. The van der Waals surface area contributed by atoms with E-state index in [0.717, 1.165) is 4.47 Å². The zero-order chi connectivity index (χ0) is 12.3. The van der Waals surface area contributed by atoms with Crippen molar-refractivity contribution >= 4 is 21.8 Å². The quantitative estimate of drug-likeness (QED) is 0.920. The Hall–Kier alpha value is -1.10. The van der Waals surface area contributed by atoms with E-state index in [9.17, 15) is 9.59 Å². The summed E-state index contributed by atoms with van der Waals surface area (Å²) in [7, 11) is 0. The van der Waals surface area contributed by atoms with E-state index in [1.807, 2.05) is 13.8 Å². The monoisotopic (exact) mass is 286 g/mol. The van der Waals surface area contributed by atoms with Gasteiger partial charge in [-0.05, 0) is 42.8 Å². The molecule has 0 aliphatic rings. The van der Waals surface area contributed by atoms with Crippen LogP contribution in [0.4, 0.5) is 0 Å². The molecule has 1 aromatic rings. The molecule has 0 spiro atoms. The van der Waals surface area contributed by atoms with Crippen LogP contribution >= 0.6 is 15.9 Å². The molecule has 0 aromatic carbocycles. The van der Waals surface area contributed by atoms with E-state index in [-0.39, 0.29) is 17.5 Å². The van der Waals surface area contributed by atoms with Crippen LogP contribution in [-0.2, 0) is 4.79 Å². The highest BCUT2D eigenvalue weighted by Gasteiger charge is 2.16. The van der Waals surface area contributed by atoms with Crippen molar-refractivity contribution in [2.24, 2.45) is 0 Å². The van der Waals surface area contributed by atoms with Crippen molar-refractivity contribution in [1.29, 1.82) is 0 Å². The van der Waals surface area contributed by atoms with E-state index in [1.165, 1.54) is 10.6 Å². The molecule has 0 fully saturated rings. The van der Waals surface area contributed by atoms with Gasteiger partial charge in [0.25, 0.3) is 5.56 Å². The number of amides is 1. The minimum absolute atomic E-state index is 0.0674. The normalized spacial score (nSPS) is 12.6. The zero-order valence-corrected chi connectivity index (χ0v) is 11.1. The van der Waals surface area contributed by atoms with E-state index in [1.54, 1.807) is 19.2 Å². The molecule has 0 radical (unpaired) electrons. The van der Waals surface area contributed by atoms with E-state index in [0.29, 0.717) is 0 Å². The van der Waals surface area contributed by atoms with Gasteiger partial charge in [0.05, 0.1) is 0 Å². The summed E-state index contributed by atoms with van der Waals surface area (Å²) >= 11 is 3.27. The number of aromatic nitrogens is 1. The van der Waals surface area contributed by atoms with Crippen LogP contribution < -0.4 is 10.9 Å². The third-order valence-corrected chi connectivity index (χ3v) is 2.60. The molecule has 0 aliphatic carbocycles. The Morgan fingerprint density at radius 1 is 1.38 bits per heavy atom. The predicted octanol–water partition coefficient (Wildman–Crippen LogP) is 1.70. The fourth-order valence-electron chi connectivity index (χ4n) is 1.31. The van der Waals surface area contributed by atoms with Crippen LogP contribution in [0.5, 0.6) is 0 Å². The van der Waals surface area contributed by atoms with Crippen molar-refractivity contribution < 1.29 is 4.79 Å². The van der Waals surface area contributed by atoms with Crippen molar-refractivity contribution in [3.8, 4) is 0 Å². The average molecular weight is 287 g/mol. The fourth-order valence-corrected chi connectivity index (χ4v) is 1.66. The Morgan fingerprint density at radius 2 is 2.00 bits per heavy atom. The number of hydrogen-bond acceptors (Lipinski definition) is 2. The molecule has 16 heavy (non-hydrogen) atoms. The molecule has 1 heterocycles. The molecule has 1 atom stereocenters. The second-order valence-electron chi connectivity index (χ2n) is 3.93. The minimum atomic E-state index is -0.507. The van der Waals surface area contributed by atoms with E-state index in [4.69, 9.17) is 0 Å². The van der Waals surface area contributed by atoms with Gasteiger partial charge in [-0.1, -0.05) is 0 Å². The minimum Gasteiger partial charge on any atom is -0.352 e. The molecule has 1 amide bonds. The summed E-state index contributed by atoms with van der Waals surface area (Å²) < 4.78 is 2.18. The molecule has 1 N–H and O–H groups in total. The Kier molecular flexibility index (Phi) is 4.29. The summed E-state index contributed by atoms with van der Waals surface area (Å²) in [6, 6.07) is 2.65. The SMILES string of the molecule is CC(C)NC(=O)C(C)n1cc(Br)ccc1=O. The van der Waals surface area contributed by atoms with Crippen LogP contribution in [0.3, 0.4) is 0 Å². The number of carbonyl (C=O) groups is 1. The number of halogens is 1. The van der Waals surface area contributed by atoms with E-state index < -0.39 is 6.04 Å². The number of pyridine rings is 1. The number of carbonyl (C=O) groups excluding carboxylic acids is 1. The highest BCUT2D eigenvalue weighted by atomic mass is 79.9. The summed E-state index contributed by atoms with van der Waals surface area (Å²) in [5.74, 6) is -0.157.